The zero-order valence-corrected chi connectivity index (χ0v) is 52.0. The first kappa shape index (κ1) is 62.9. The zero-order chi connectivity index (χ0) is 51.7. The molecule has 66 heavy (non-hydrogen) atoms. The van der Waals surface area contributed by atoms with Gasteiger partial charge in [-0.1, -0.05) is 180 Å². The molecule has 0 saturated carbocycles. The molecular formula is C56H108O6Si4. The summed E-state index contributed by atoms with van der Waals surface area (Å²) in [6.07, 6.45) is 21.2. The molecule has 0 N–H and O–H groups in total. The van der Waals surface area contributed by atoms with Crippen LogP contribution in [0.2, 0.25) is 72.5 Å². The molecule has 0 saturated heterocycles. The maximum Gasteiger partial charge on any atom is 0.331 e. The predicted octanol–water partition coefficient (Wildman–Crippen LogP) is 17.3. The van der Waals surface area contributed by atoms with Crippen LogP contribution in [0.1, 0.15) is 150 Å². The van der Waals surface area contributed by atoms with Crippen molar-refractivity contribution in [1.82, 2.24) is 0 Å². The minimum atomic E-state index is -2.21. The van der Waals surface area contributed by atoms with Gasteiger partial charge in [-0.2, -0.15) is 0 Å². The molecule has 1 aliphatic heterocycles. The quantitative estimate of drug-likeness (QED) is 0.0890. The summed E-state index contributed by atoms with van der Waals surface area (Å²) in [6, 6.07) is 0. The number of allylic oxidation sites excluding steroid dienone is 4. The van der Waals surface area contributed by atoms with E-state index in [1.54, 1.807) is 12.2 Å². The lowest BCUT2D eigenvalue weighted by Gasteiger charge is -2.44. The van der Waals surface area contributed by atoms with E-state index in [0.717, 1.165) is 25.7 Å². The first-order chi connectivity index (χ1) is 29.6. The summed E-state index contributed by atoms with van der Waals surface area (Å²) in [6.45, 7) is 64.5. The molecule has 0 bridgehead atoms. The summed E-state index contributed by atoms with van der Waals surface area (Å²) in [4.78, 5) is 13.9. The van der Waals surface area contributed by atoms with Crippen molar-refractivity contribution in [1.29, 1.82) is 0 Å². The number of cyclic esters (lactones) is 1. The van der Waals surface area contributed by atoms with Crippen LogP contribution in [0.15, 0.2) is 61.3 Å². The molecule has 0 aromatic carbocycles. The molecule has 6 nitrogen and oxygen atoms in total. The summed E-state index contributed by atoms with van der Waals surface area (Å²) in [5, 5.41) is 0.176. The van der Waals surface area contributed by atoms with Gasteiger partial charge in [-0.05, 0) is 115 Å². The molecule has 1 aliphatic rings. The predicted molar refractivity (Wildman–Crippen MR) is 298 cm³/mol. The normalized spacial score (nSPS) is 30.7. The molecule has 10 heteroatoms. The van der Waals surface area contributed by atoms with E-state index < -0.39 is 39.4 Å². The molecule has 1 heterocycles. The van der Waals surface area contributed by atoms with Crippen molar-refractivity contribution in [3.05, 3.63) is 61.3 Å². The molecule has 0 aliphatic carbocycles. The molecule has 0 unspecified atom stereocenters. The van der Waals surface area contributed by atoms with Gasteiger partial charge >= 0.3 is 5.97 Å². The second-order valence-electron chi connectivity index (χ2n) is 26.8. The average molecular weight is 990 g/mol. The lowest BCUT2D eigenvalue weighted by atomic mass is 9.82. The highest BCUT2D eigenvalue weighted by molar-refractivity contribution is 6.75. The monoisotopic (exact) mass is 989 g/mol. The molecule has 11 atom stereocenters. The van der Waals surface area contributed by atoms with E-state index in [-0.39, 0.29) is 74.2 Å². The Morgan fingerprint density at radius 1 is 0.621 bits per heavy atom. The van der Waals surface area contributed by atoms with Crippen molar-refractivity contribution in [2.45, 2.75) is 253 Å². The Morgan fingerprint density at radius 2 is 1.09 bits per heavy atom. The van der Waals surface area contributed by atoms with Crippen molar-refractivity contribution in [2.24, 2.45) is 35.5 Å². The van der Waals surface area contributed by atoms with Crippen LogP contribution in [-0.4, -0.2) is 69.8 Å². The van der Waals surface area contributed by atoms with Crippen LogP contribution in [0.5, 0.6) is 0 Å². The summed E-state index contributed by atoms with van der Waals surface area (Å²) < 4.78 is 36.1. The third kappa shape index (κ3) is 19.2. The van der Waals surface area contributed by atoms with Crippen molar-refractivity contribution >= 4 is 39.2 Å². The number of ether oxygens (including phenoxy) is 1. The van der Waals surface area contributed by atoms with Gasteiger partial charge in [0.05, 0.1) is 24.4 Å². The van der Waals surface area contributed by atoms with Crippen molar-refractivity contribution in [3.8, 4) is 0 Å². The second kappa shape index (κ2) is 24.8. The van der Waals surface area contributed by atoms with E-state index in [4.69, 9.17) is 22.4 Å². The van der Waals surface area contributed by atoms with Gasteiger partial charge in [0.1, 0.15) is 6.10 Å². The molecular weight excluding hydrogens is 881 g/mol. The zero-order valence-electron chi connectivity index (χ0n) is 48.0. The highest BCUT2D eigenvalue weighted by atomic mass is 28.4. The third-order valence-electron chi connectivity index (χ3n) is 16.7. The van der Waals surface area contributed by atoms with Crippen LogP contribution in [0, 0.1) is 35.5 Å². The third-order valence-corrected chi connectivity index (χ3v) is 34.6. The lowest BCUT2D eigenvalue weighted by molar-refractivity contribution is -0.150. The Hall–Kier alpha value is -1.12. The lowest BCUT2D eigenvalue weighted by Crippen LogP contribution is -2.48. The van der Waals surface area contributed by atoms with Crippen LogP contribution in [0.25, 0.3) is 0 Å². The Morgan fingerprint density at radius 3 is 1.58 bits per heavy atom. The van der Waals surface area contributed by atoms with E-state index >= 15 is 0 Å². The number of rotatable bonds is 11. The number of esters is 1. The fraction of sp³-hybridized carbons (Fsp3) is 0.804. The highest BCUT2D eigenvalue weighted by Crippen LogP contribution is 2.44. The minimum absolute atomic E-state index is 0.0296. The molecule has 0 fully saturated rings. The van der Waals surface area contributed by atoms with Gasteiger partial charge in [0, 0.05) is 24.3 Å². The standard InChI is InChI=1S/C56H108O6Si4/c1-28-29-32-43(4)52-46(7)48(60-64(22,23)54(11,12)13)38-35-41(2)39-45(6)51(62-66(26,27)56(17,18)19)44(5)36-37-47(59-63(20,21)53(8,9)10)40-49(61-65(24,25)55(14,15)16)42(3)33-30-31-34-50(57)58-52/h28-34,36-37,41-49,51-52H,1,35,38-40H2,2-27H3/b32-29-,33-30+,34-31-,37-36-/t41-,42+,43-,44-,45-,46-,47-,48+,49-,51-,52-/m0/s1. The molecule has 384 valence electrons. The Bertz CT molecular complexity index is 1620. The largest absolute Gasteiger partial charge is 0.458 e. The van der Waals surface area contributed by atoms with Crippen LogP contribution < -0.4 is 0 Å². The molecule has 0 amide bonds. The van der Waals surface area contributed by atoms with Gasteiger partial charge in [0.2, 0.25) is 0 Å². The van der Waals surface area contributed by atoms with Gasteiger partial charge in [0.25, 0.3) is 0 Å². The summed E-state index contributed by atoms with van der Waals surface area (Å²) in [5.41, 5.74) is 0. The SMILES string of the molecule is C=C/C=C\[C@H](C)[C@@H]1OC(=O)/C=C\C=C\[C@@H](C)[C@@H](O[Si](C)(C)C(C)(C)C)C[C@@H](O[Si](C)(C)C(C)(C)C)/C=C\[C@H](C)[C@H](O[Si](C)(C)C(C)(C)C)[C@@H](C)C[C@@H](C)CC[C@@H](O[Si](C)(C)C(C)(C)C)[C@@H]1C. The fourth-order valence-corrected chi connectivity index (χ4v) is 13.4. The van der Waals surface area contributed by atoms with E-state index in [1.165, 1.54) is 0 Å². The van der Waals surface area contributed by atoms with Crippen molar-refractivity contribution < 1.29 is 27.2 Å². The minimum Gasteiger partial charge on any atom is -0.458 e. The summed E-state index contributed by atoms with van der Waals surface area (Å²) >= 11 is 0. The van der Waals surface area contributed by atoms with Crippen molar-refractivity contribution in [3.63, 3.8) is 0 Å². The fourth-order valence-electron chi connectivity index (χ4n) is 7.80. The number of hydrogen-bond donors (Lipinski definition) is 0. The van der Waals surface area contributed by atoms with Gasteiger partial charge in [-0.25, -0.2) is 4.79 Å². The van der Waals surface area contributed by atoms with Crippen LogP contribution >= 0.6 is 0 Å². The van der Waals surface area contributed by atoms with Crippen LogP contribution in [0.3, 0.4) is 0 Å². The van der Waals surface area contributed by atoms with E-state index in [2.05, 4.69) is 208 Å². The van der Waals surface area contributed by atoms with E-state index in [9.17, 15) is 4.79 Å². The number of carbonyl (C=O) groups excluding carboxylic acids is 1. The summed E-state index contributed by atoms with van der Waals surface area (Å²) in [5.74, 6) is 0.522. The van der Waals surface area contributed by atoms with Gasteiger partial charge < -0.3 is 22.4 Å². The topological polar surface area (TPSA) is 63.2 Å². The molecule has 1 rings (SSSR count). The Balaban J connectivity index is 4.21. The first-order valence-corrected chi connectivity index (χ1v) is 37.5. The second-order valence-corrected chi connectivity index (χ2v) is 45.8. The molecule has 0 aromatic rings. The van der Waals surface area contributed by atoms with Crippen molar-refractivity contribution in [2.75, 3.05) is 0 Å². The Kier molecular flexibility index (Phi) is 23.6. The van der Waals surface area contributed by atoms with Gasteiger partial charge in [-0.15, -0.1) is 0 Å². The van der Waals surface area contributed by atoms with Crippen LogP contribution in [0.4, 0.5) is 0 Å². The molecule has 0 spiro atoms. The van der Waals surface area contributed by atoms with E-state index in [0.29, 0.717) is 11.8 Å². The van der Waals surface area contributed by atoms with Crippen LogP contribution in [-0.2, 0) is 27.2 Å². The molecule has 0 aromatic heterocycles. The smallest absolute Gasteiger partial charge is 0.331 e. The first-order valence-electron chi connectivity index (χ1n) is 25.8. The Labute approximate surface area is 414 Å². The van der Waals surface area contributed by atoms with Gasteiger partial charge in [-0.3, -0.25) is 0 Å². The molecule has 0 radical (unpaired) electrons. The maximum absolute atomic E-state index is 13.9. The summed E-state index contributed by atoms with van der Waals surface area (Å²) in [7, 11) is -8.76. The van der Waals surface area contributed by atoms with E-state index in [1.807, 2.05) is 18.2 Å². The average Bonchev–Trinajstić information content (AvgIpc) is 3.14. The maximum atomic E-state index is 13.9. The number of hydrogen-bond acceptors (Lipinski definition) is 6. The highest BCUT2D eigenvalue weighted by Gasteiger charge is 2.45. The van der Waals surface area contributed by atoms with Gasteiger partial charge in [0.15, 0.2) is 33.3 Å². The number of carbonyl (C=O) groups is 1.